The Labute approximate surface area is 109 Å². The van der Waals surface area contributed by atoms with E-state index in [-0.39, 0.29) is 5.56 Å². The number of rotatable bonds is 2. The molecule has 0 aliphatic heterocycles. The number of benzene rings is 1. The lowest BCUT2D eigenvalue weighted by Gasteiger charge is -2.18. The van der Waals surface area contributed by atoms with Crippen molar-refractivity contribution in [2.24, 2.45) is 5.73 Å². The van der Waals surface area contributed by atoms with E-state index in [9.17, 15) is 13.2 Å². The topological polar surface area (TPSA) is 38.9 Å². The molecular formula is C14H13F3N2. The van der Waals surface area contributed by atoms with Crippen LogP contribution in [0.15, 0.2) is 42.7 Å². The highest BCUT2D eigenvalue weighted by Crippen LogP contribution is 2.35. The summed E-state index contributed by atoms with van der Waals surface area (Å²) in [5.41, 5.74) is 6.78. The van der Waals surface area contributed by atoms with Crippen molar-refractivity contribution in [3.63, 3.8) is 0 Å². The van der Waals surface area contributed by atoms with E-state index in [0.29, 0.717) is 5.56 Å². The fourth-order valence-corrected chi connectivity index (χ4v) is 1.96. The smallest absolute Gasteiger partial charge is 0.320 e. The lowest BCUT2D eigenvalue weighted by atomic mass is 9.96. The summed E-state index contributed by atoms with van der Waals surface area (Å²) in [4.78, 5) is 3.75. The van der Waals surface area contributed by atoms with Crippen molar-refractivity contribution < 1.29 is 13.2 Å². The number of aromatic nitrogens is 1. The van der Waals surface area contributed by atoms with Gasteiger partial charge in [-0.1, -0.05) is 29.8 Å². The minimum Gasteiger partial charge on any atom is -0.320 e. The third kappa shape index (κ3) is 2.93. The third-order valence-electron chi connectivity index (χ3n) is 2.89. The minimum absolute atomic E-state index is 0.0133. The molecule has 0 bridgehead atoms. The molecule has 1 aromatic carbocycles. The molecule has 2 rings (SSSR count). The number of alkyl halides is 3. The van der Waals surface area contributed by atoms with Gasteiger partial charge in [0, 0.05) is 18.0 Å². The molecule has 2 N–H and O–H groups in total. The summed E-state index contributed by atoms with van der Waals surface area (Å²) in [6.07, 6.45) is -2.13. The second kappa shape index (κ2) is 5.01. The van der Waals surface area contributed by atoms with E-state index in [4.69, 9.17) is 5.73 Å². The lowest BCUT2D eigenvalue weighted by Crippen LogP contribution is -2.18. The maximum absolute atomic E-state index is 12.9. The standard InChI is InChI=1S/C14H13F3N2/c1-9-3-2-4-10(7-9)13(18)11-8-19-6-5-12(11)14(15,16)17/h2-8,13H,18H2,1H3. The highest BCUT2D eigenvalue weighted by Gasteiger charge is 2.34. The zero-order valence-electron chi connectivity index (χ0n) is 10.3. The summed E-state index contributed by atoms with van der Waals surface area (Å²) in [5, 5.41) is 0. The molecule has 100 valence electrons. The Hall–Kier alpha value is -1.88. The van der Waals surface area contributed by atoms with Crippen LogP contribution in [0, 0.1) is 6.92 Å². The van der Waals surface area contributed by atoms with Crippen LogP contribution in [0.1, 0.15) is 28.3 Å². The van der Waals surface area contributed by atoms with E-state index < -0.39 is 17.8 Å². The molecule has 19 heavy (non-hydrogen) atoms. The van der Waals surface area contributed by atoms with Crippen molar-refractivity contribution in [1.29, 1.82) is 0 Å². The molecule has 0 radical (unpaired) electrons. The predicted molar refractivity (Wildman–Crippen MR) is 66.4 cm³/mol. The van der Waals surface area contributed by atoms with Crippen molar-refractivity contribution in [3.8, 4) is 0 Å². The lowest BCUT2D eigenvalue weighted by molar-refractivity contribution is -0.138. The SMILES string of the molecule is Cc1cccc(C(N)c2cnccc2C(F)(F)F)c1. The van der Waals surface area contributed by atoms with E-state index in [1.54, 1.807) is 18.2 Å². The Morgan fingerprint density at radius 3 is 2.58 bits per heavy atom. The fourth-order valence-electron chi connectivity index (χ4n) is 1.96. The van der Waals surface area contributed by atoms with Crippen LogP contribution in [0.4, 0.5) is 13.2 Å². The maximum atomic E-state index is 12.9. The van der Waals surface area contributed by atoms with Crippen molar-refractivity contribution in [2.75, 3.05) is 0 Å². The molecule has 1 aromatic heterocycles. The van der Waals surface area contributed by atoms with Gasteiger partial charge in [0.2, 0.25) is 0 Å². The van der Waals surface area contributed by atoms with Gasteiger partial charge in [0.15, 0.2) is 0 Å². The molecule has 5 heteroatoms. The molecule has 1 heterocycles. The first kappa shape index (κ1) is 13.5. The summed E-state index contributed by atoms with van der Waals surface area (Å²) in [5.74, 6) is 0. The molecule has 0 saturated carbocycles. The molecule has 0 amide bonds. The molecule has 2 nitrogen and oxygen atoms in total. The predicted octanol–water partition coefficient (Wildman–Crippen LogP) is 3.46. The van der Waals surface area contributed by atoms with Crippen LogP contribution in [-0.2, 0) is 6.18 Å². The van der Waals surface area contributed by atoms with Gasteiger partial charge in [0.25, 0.3) is 0 Å². The van der Waals surface area contributed by atoms with Crippen molar-refractivity contribution in [3.05, 3.63) is 65.0 Å². The van der Waals surface area contributed by atoms with Gasteiger partial charge in [0.1, 0.15) is 0 Å². The first-order chi connectivity index (χ1) is 8.89. The zero-order chi connectivity index (χ0) is 14.0. The van der Waals surface area contributed by atoms with Gasteiger partial charge in [-0.15, -0.1) is 0 Å². The Morgan fingerprint density at radius 1 is 1.21 bits per heavy atom. The van der Waals surface area contributed by atoms with Gasteiger partial charge in [-0.05, 0) is 18.6 Å². The summed E-state index contributed by atoms with van der Waals surface area (Å²) in [7, 11) is 0. The average molecular weight is 266 g/mol. The van der Waals surface area contributed by atoms with E-state index in [1.165, 1.54) is 6.20 Å². The molecule has 1 unspecified atom stereocenters. The fraction of sp³-hybridized carbons (Fsp3) is 0.214. The van der Waals surface area contributed by atoms with Gasteiger partial charge in [-0.2, -0.15) is 13.2 Å². The van der Waals surface area contributed by atoms with Crippen molar-refractivity contribution in [2.45, 2.75) is 19.1 Å². The largest absolute Gasteiger partial charge is 0.416 e. The Bertz CT molecular complexity index is 579. The van der Waals surface area contributed by atoms with E-state index in [0.717, 1.165) is 17.8 Å². The zero-order valence-corrected chi connectivity index (χ0v) is 10.3. The highest BCUT2D eigenvalue weighted by molar-refractivity contribution is 5.37. The maximum Gasteiger partial charge on any atom is 0.416 e. The van der Waals surface area contributed by atoms with Crippen LogP contribution in [0.25, 0.3) is 0 Å². The number of nitrogens with two attached hydrogens (primary N) is 1. The van der Waals surface area contributed by atoms with Crippen LogP contribution < -0.4 is 5.73 Å². The van der Waals surface area contributed by atoms with Gasteiger partial charge >= 0.3 is 6.18 Å². The summed E-state index contributed by atoms with van der Waals surface area (Å²) in [6, 6.07) is 7.23. The Kier molecular flexibility index (Phi) is 3.57. The monoisotopic (exact) mass is 266 g/mol. The van der Waals surface area contributed by atoms with Gasteiger partial charge in [-0.25, -0.2) is 0 Å². The van der Waals surface area contributed by atoms with Crippen LogP contribution in [0.5, 0.6) is 0 Å². The molecule has 0 spiro atoms. The number of nitrogens with zero attached hydrogens (tertiary/aromatic N) is 1. The van der Waals surface area contributed by atoms with Crippen LogP contribution in [0.3, 0.4) is 0 Å². The Balaban J connectivity index is 2.48. The van der Waals surface area contributed by atoms with E-state index >= 15 is 0 Å². The number of pyridine rings is 1. The molecule has 0 fully saturated rings. The molecule has 0 aliphatic carbocycles. The average Bonchev–Trinajstić information content (AvgIpc) is 2.37. The number of hydrogen-bond acceptors (Lipinski definition) is 2. The molecule has 0 aliphatic rings. The summed E-state index contributed by atoms with van der Waals surface area (Å²) < 4.78 is 38.8. The number of aryl methyl sites for hydroxylation is 1. The van der Waals surface area contributed by atoms with Crippen LogP contribution in [-0.4, -0.2) is 4.98 Å². The molecule has 0 saturated heterocycles. The first-order valence-electron chi connectivity index (χ1n) is 5.73. The number of halogens is 3. The summed E-state index contributed by atoms with van der Waals surface area (Å²) >= 11 is 0. The van der Waals surface area contributed by atoms with Gasteiger partial charge < -0.3 is 5.73 Å². The number of hydrogen-bond donors (Lipinski definition) is 1. The van der Waals surface area contributed by atoms with Crippen LogP contribution in [0.2, 0.25) is 0 Å². The van der Waals surface area contributed by atoms with Gasteiger partial charge in [0.05, 0.1) is 11.6 Å². The molecule has 2 aromatic rings. The third-order valence-corrected chi connectivity index (χ3v) is 2.89. The van der Waals surface area contributed by atoms with Crippen LogP contribution >= 0.6 is 0 Å². The van der Waals surface area contributed by atoms with E-state index in [2.05, 4.69) is 4.98 Å². The van der Waals surface area contributed by atoms with Gasteiger partial charge in [-0.3, -0.25) is 4.98 Å². The quantitative estimate of drug-likeness (QED) is 0.904. The van der Waals surface area contributed by atoms with E-state index in [1.807, 2.05) is 13.0 Å². The Morgan fingerprint density at radius 2 is 1.95 bits per heavy atom. The summed E-state index contributed by atoms with van der Waals surface area (Å²) in [6.45, 7) is 1.87. The van der Waals surface area contributed by atoms with Crippen molar-refractivity contribution in [1.82, 2.24) is 4.98 Å². The second-order valence-corrected chi connectivity index (χ2v) is 4.35. The van der Waals surface area contributed by atoms with Crippen molar-refractivity contribution >= 4 is 0 Å². The minimum atomic E-state index is -4.43. The highest BCUT2D eigenvalue weighted by atomic mass is 19.4. The second-order valence-electron chi connectivity index (χ2n) is 4.35. The normalized spacial score (nSPS) is 13.3. The molecule has 1 atom stereocenters. The molecular weight excluding hydrogens is 253 g/mol. The first-order valence-corrected chi connectivity index (χ1v) is 5.73.